The second-order valence-corrected chi connectivity index (χ2v) is 5.92. The van der Waals surface area contributed by atoms with Crippen LogP contribution < -0.4 is 5.73 Å². The highest BCUT2D eigenvalue weighted by atomic mass is 79.9. The summed E-state index contributed by atoms with van der Waals surface area (Å²) in [5.41, 5.74) is 5.60. The van der Waals surface area contributed by atoms with Gasteiger partial charge in [0.25, 0.3) is 0 Å². The maximum atomic E-state index is 13.6. The van der Waals surface area contributed by atoms with Gasteiger partial charge in [-0.3, -0.25) is 9.59 Å². The molecule has 1 saturated heterocycles. The molecule has 0 bridgehead atoms. The maximum absolute atomic E-state index is 13.6. The fourth-order valence-electron chi connectivity index (χ4n) is 2.29. The van der Waals surface area contributed by atoms with Gasteiger partial charge in [0.05, 0.1) is 0 Å². The number of hydrogen-bond acceptors (Lipinski definition) is 2. The number of carbonyl (C=O) groups excluding carboxylic acids is 2. The molecular weight excluding hydrogens is 339 g/mol. The third-order valence-corrected chi connectivity index (χ3v) is 4.07. The van der Waals surface area contributed by atoms with Crippen LogP contribution in [0.2, 0.25) is 0 Å². The first-order valence-electron chi connectivity index (χ1n) is 6.68. The topological polar surface area (TPSA) is 63.4 Å². The Morgan fingerprint density at radius 1 is 1.33 bits per heavy atom. The summed E-state index contributed by atoms with van der Waals surface area (Å²) in [6.45, 7) is 0.996. The zero-order chi connectivity index (χ0) is 15.4. The molecule has 0 atom stereocenters. The van der Waals surface area contributed by atoms with Crippen LogP contribution in [0.5, 0.6) is 0 Å². The quantitative estimate of drug-likeness (QED) is 0.846. The van der Waals surface area contributed by atoms with E-state index in [9.17, 15) is 14.0 Å². The number of hydrogen-bond donors (Lipinski definition) is 1. The number of carbonyl (C=O) groups is 2. The first-order valence-corrected chi connectivity index (χ1v) is 7.48. The molecule has 2 amide bonds. The largest absolute Gasteiger partial charge is 0.369 e. The van der Waals surface area contributed by atoms with Crippen molar-refractivity contribution in [2.24, 2.45) is 11.7 Å². The molecule has 6 heteroatoms. The summed E-state index contributed by atoms with van der Waals surface area (Å²) in [6.07, 6.45) is 3.98. The molecule has 21 heavy (non-hydrogen) atoms. The van der Waals surface area contributed by atoms with Gasteiger partial charge in [0.1, 0.15) is 5.82 Å². The van der Waals surface area contributed by atoms with E-state index in [1.165, 1.54) is 18.2 Å². The molecule has 2 rings (SSSR count). The lowest BCUT2D eigenvalue weighted by atomic mass is 9.96. The van der Waals surface area contributed by atoms with Crippen molar-refractivity contribution < 1.29 is 14.0 Å². The van der Waals surface area contributed by atoms with Gasteiger partial charge in [-0.1, -0.05) is 15.9 Å². The van der Waals surface area contributed by atoms with Crippen molar-refractivity contribution >= 4 is 33.8 Å². The van der Waals surface area contributed by atoms with Gasteiger partial charge < -0.3 is 10.6 Å². The smallest absolute Gasteiger partial charge is 0.246 e. The molecule has 0 radical (unpaired) electrons. The van der Waals surface area contributed by atoms with Gasteiger partial charge in [-0.25, -0.2) is 4.39 Å². The molecular formula is C15H16BrFN2O2. The number of rotatable bonds is 3. The van der Waals surface area contributed by atoms with E-state index in [-0.39, 0.29) is 23.5 Å². The molecule has 112 valence electrons. The van der Waals surface area contributed by atoms with E-state index in [0.717, 1.165) is 4.47 Å². The van der Waals surface area contributed by atoms with Crippen molar-refractivity contribution in [2.75, 3.05) is 13.1 Å². The minimum Gasteiger partial charge on any atom is -0.369 e. The van der Waals surface area contributed by atoms with Crippen molar-refractivity contribution in [2.45, 2.75) is 12.8 Å². The number of benzene rings is 1. The minimum absolute atomic E-state index is 0.152. The molecule has 0 aromatic heterocycles. The van der Waals surface area contributed by atoms with E-state index in [2.05, 4.69) is 15.9 Å². The Labute approximate surface area is 130 Å². The number of amides is 2. The van der Waals surface area contributed by atoms with Crippen molar-refractivity contribution in [3.05, 3.63) is 40.1 Å². The van der Waals surface area contributed by atoms with E-state index in [4.69, 9.17) is 5.73 Å². The first-order chi connectivity index (χ1) is 9.97. The zero-order valence-electron chi connectivity index (χ0n) is 11.4. The lowest BCUT2D eigenvalue weighted by Crippen LogP contribution is -2.41. The number of primary amides is 1. The summed E-state index contributed by atoms with van der Waals surface area (Å²) in [5.74, 6) is -1.03. The number of piperidine rings is 1. The summed E-state index contributed by atoms with van der Waals surface area (Å²) in [6, 6.07) is 4.55. The Kier molecular flexibility index (Phi) is 5.12. The van der Waals surface area contributed by atoms with E-state index in [1.54, 1.807) is 17.0 Å². The van der Waals surface area contributed by atoms with Gasteiger partial charge in [-0.2, -0.15) is 0 Å². The van der Waals surface area contributed by atoms with Gasteiger partial charge >= 0.3 is 0 Å². The maximum Gasteiger partial charge on any atom is 0.246 e. The summed E-state index contributed by atoms with van der Waals surface area (Å²) in [7, 11) is 0. The molecule has 1 aliphatic rings. The molecule has 1 aliphatic heterocycles. The van der Waals surface area contributed by atoms with Crippen LogP contribution in [0.3, 0.4) is 0 Å². The Morgan fingerprint density at radius 2 is 2.00 bits per heavy atom. The SMILES string of the molecule is NC(=O)C1CCN(C(=O)/C=C/c2cc(Br)ccc2F)CC1. The second kappa shape index (κ2) is 6.85. The predicted molar refractivity (Wildman–Crippen MR) is 81.6 cm³/mol. The number of halogens is 2. The third-order valence-electron chi connectivity index (χ3n) is 3.57. The fraction of sp³-hybridized carbons (Fsp3) is 0.333. The zero-order valence-corrected chi connectivity index (χ0v) is 13.0. The average molecular weight is 355 g/mol. The third kappa shape index (κ3) is 4.14. The van der Waals surface area contributed by atoms with E-state index < -0.39 is 0 Å². The van der Waals surface area contributed by atoms with Crippen molar-refractivity contribution in [1.82, 2.24) is 4.90 Å². The lowest BCUT2D eigenvalue weighted by molar-refractivity contribution is -0.130. The van der Waals surface area contributed by atoms with Gasteiger partial charge in [-0.15, -0.1) is 0 Å². The summed E-state index contributed by atoms with van der Waals surface area (Å²) in [4.78, 5) is 24.7. The van der Waals surface area contributed by atoms with Gasteiger partial charge in [-0.05, 0) is 37.1 Å². The minimum atomic E-state index is -0.380. The summed E-state index contributed by atoms with van der Waals surface area (Å²) in [5, 5.41) is 0. The molecule has 0 saturated carbocycles. The molecule has 0 spiro atoms. The number of nitrogens with two attached hydrogens (primary N) is 1. The van der Waals surface area contributed by atoms with Crippen LogP contribution in [-0.2, 0) is 9.59 Å². The van der Waals surface area contributed by atoms with Gasteiger partial charge in [0.15, 0.2) is 0 Å². The highest BCUT2D eigenvalue weighted by Crippen LogP contribution is 2.19. The van der Waals surface area contributed by atoms with Gasteiger partial charge in [0.2, 0.25) is 11.8 Å². The van der Waals surface area contributed by atoms with E-state index in [0.29, 0.717) is 31.5 Å². The molecule has 4 nitrogen and oxygen atoms in total. The summed E-state index contributed by atoms with van der Waals surface area (Å²) < 4.78 is 14.3. The lowest BCUT2D eigenvalue weighted by Gasteiger charge is -2.29. The number of likely N-dealkylation sites (tertiary alicyclic amines) is 1. The predicted octanol–water partition coefficient (Wildman–Crippen LogP) is 2.33. The molecule has 1 aromatic rings. The van der Waals surface area contributed by atoms with Crippen LogP contribution in [0.4, 0.5) is 4.39 Å². The van der Waals surface area contributed by atoms with Crippen LogP contribution in [0.15, 0.2) is 28.7 Å². The molecule has 2 N–H and O–H groups in total. The Bertz CT molecular complexity index is 581. The standard InChI is InChI=1S/C15H16BrFN2O2/c16-12-2-3-13(17)11(9-12)1-4-14(20)19-7-5-10(6-8-19)15(18)21/h1-4,9-10H,5-8H2,(H2,18,21)/b4-1+. The Morgan fingerprint density at radius 3 is 2.62 bits per heavy atom. The molecule has 0 unspecified atom stereocenters. The van der Waals surface area contributed by atoms with Crippen molar-refractivity contribution in [1.29, 1.82) is 0 Å². The fourth-order valence-corrected chi connectivity index (χ4v) is 2.67. The molecule has 1 fully saturated rings. The second-order valence-electron chi connectivity index (χ2n) is 5.00. The average Bonchev–Trinajstić information content (AvgIpc) is 2.48. The van der Waals surface area contributed by atoms with Gasteiger partial charge in [0, 0.05) is 35.1 Å². The Hall–Kier alpha value is -1.69. The molecule has 1 aromatic carbocycles. The van der Waals surface area contributed by atoms with E-state index in [1.807, 2.05) is 0 Å². The summed E-state index contributed by atoms with van der Waals surface area (Å²) >= 11 is 3.26. The van der Waals surface area contributed by atoms with Crippen molar-refractivity contribution in [3.63, 3.8) is 0 Å². The Balaban J connectivity index is 1.97. The van der Waals surface area contributed by atoms with Crippen LogP contribution in [0.1, 0.15) is 18.4 Å². The highest BCUT2D eigenvalue weighted by molar-refractivity contribution is 9.10. The van der Waals surface area contributed by atoms with Crippen LogP contribution >= 0.6 is 15.9 Å². The number of nitrogens with zero attached hydrogens (tertiary/aromatic N) is 1. The first kappa shape index (κ1) is 15.7. The van der Waals surface area contributed by atoms with Crippen molar-refractivity contribution in [3.8, 4) is 0 Å². The molecule has 0 aliphatic carbocycles. The van der Waals surface area contributed by atoms with Crippen LogP contribution in [0, 0.1) is 11.7 Å². The van der Waals surface area contributed by atoms with Crippen LogP contribution in [0.25, 0.3) is 6.08 Å². The monoisotopic (exact) mass is 354 g/mol. The molecule has 1 heterocycles. The van der Waals surface area contributed by atoms with E-state index >= 15 is 0 Å². The highest BCUT2D eigenvalue weighted by Gasteiger charge is 2.24. The normalized spacial score (nSPS) is 16.4. The van der Waals surface area contributed by atoms with Crippen LogP contribution in [-0.4, -0.2) is 29.8 Å².